The molecule has 0 aliphatic heterocycles. The Balaban J connectivity index is 2.61. The van der Waals surface area contributed by atoms with E-state index in [4.69, 9.17) is 11.6 Å². The van der Waals surface area contributed by atoms with Gasteiger partial charge in [-0.15, -0.1) is 0 Å². The van der Waals surface area contributed by atoms with Gasteiger partial charge in [-0.1, -0.05) is 25.4 Å². The first kappa shape index (κ1) is 14.7. The summed E-state index contributed by atoms with van der Waals surface area (Å²) < 4.78 is 0.716. The molecule has 0 saturated heterocycles. The van der Waals surface area contributed by atoms with Crippen molar-refractivity contribution in [3.8, 4) is 0 Å². The summed E-state index contributed by atoms with van der Waals surface area (Å²) in [6.45, 7) is 9.52. The topological polar surface area (TPSA) is 41.0 Å². The maximum atomic E-state index is 5.91. The fourth-order valence-corrected chi connectivity index (χ4v) is 2.05. The van der Waals surface area contributed by atoms with E-state index in [0.717, 1.165) is 25.5 Å². The molecule has 6 heteroatoms. The SMILES string of the molecule is CCN(CC)CC(C)Nc1ncnc(Cl)c1Br. The van der Waals surface area contributed by atoms with Crippen LogP contribution in [-0.4, -0.2) is 40.5 Å². The van der Waals surface area contributed by atoms with Crippen LogP contribution >= 0.6 is 27.5 Å². The fourth-order valence-electron chi connectivity index (χ4n) is 1.60. The highest BCUT2D eigenvalue weighted by molar-refractivity contribution is 9.10. The van der Waals surface area contributed by atoms with Crippen molar-refractivity contribution in [2.24, 2.45) is 0 Å². The lowest BCUT2D eigenvalue weighted by Crippen LogP contribution is -2.35. The first-order valence-corrected chi connectivity index (χ1v) is 6.90. The summed E-state index contributed by atoms with van der Waals surface area (Å²) in [5, 5.41) is 3.75. The highest BCUT2D eigenvalue weighted by atomic mass is 79.9. The number of hydrogen-bond donors (Lipinski definition) is 1. The second-order valence-corrected chi connectivity index (χ2v) is 5.01. The smallest absolute Gasteiger partial charge is 0.148 e. The van der Waals surface area contributed by atoms with Gasteiger partial charge < -0.3 is 10.2 Å². The van der Waals surface area contributed by atoms with Crippen molar-refractivity contribution in [1.82, 2.24) is 14.9 Å². The third-order valence-corrected chi connectivity index (χ3v) is 3.82. The molecule has 4 nitrogen and oxygen atoms in total. The fraction of sp³-hybridized carbons (Fsp3) is 0.636. The molecule has 1 N–H and O–H groups in total. The van der Waals surface area contributed by atoms with Crippen LogP contribution < -0.4 is 5.32 Å². The second-order valence-electron chi connectivity index (χ2n) is 3.86. The van der Waals surface area contributed by atoms with Gasteiger partial charge in [-0.3, -0.25) is 0 Å². The summed E-state index contributed by atoms with van der Waals surface area (Å²) in [5.74, 6) is 0.740. The van der Waals surface area contributed by atoms with Gasteiger partial charge in [0.05, 0.1) is 4.47 Å². The molecule has 96 valence electrons. The van der Waals surface area contributed by atoms with Gasteiger partial charge in [-0.25, -0.2) is 9.97 Å². The van der Waals surface area contributed by atoms with E-state index in [2.05, 4.69) is 56.9 Å². The number of nitrogens with zero attached hydrogens (tertiary/aromatic N) is 3. The third-order valence-electron chi connectivity index (χ3n) is 2.56. The molecule has 0 aromatic carbocycles. The van der Waals surface area contributed by atoms with Crippen LogP contribution in [-0.2, 0) is 0 Å². The zero-order valence-electron chi connectivity index (χ0n) is 10.4. The quantitative estimate of drug-likeness (QED) is 0.818. The van der Waals surface area contributed by atoms with E-state index >= 15 is 0 Å². The number of halogens is 2. The number of nitrogens with one attached hydrogen (secondary N) is 1. The number of likely N-dealkylation sites (N-methyl/N-ethyl adjacent to an activating group) is 1. The maximum absolute atomic E-state index is 5.91. The van der Waals surface area contributed by atoms with E-state index in [1.54, 1.807) is 0 Å². The number of rotatable bonds is 6. The molecule has 0 radical (unpaired) electrons. The predicted octanol–water partition coefficient (Wildman–Crippen LogP) is 3.03. The Kier molecular flexibility index (Phi) is 6.16. The second kappa shape index (κ2) is 7.13. The van der Waals surface area contributed by atoms with Gasteiger partial charge in [0.15, 0.2) is 0 Å². The van der Waals surface area contributed by atoms with Crippen LogP contribution in [0.3, 0.4) is 0 Å². The van der Waals surface area contributed by atoms with Crippen LogP contribution in [0.5, 0.6) is 0 Å². The molecule has 0 aliphatic rings. The molecule has 1 atom stereocenters. The average molecular weight is 322 g/mol. The van der Waals surface area contributed by atoms with Crippen molar-refractivity contribution in [1.29, 1.82) is 0 Å². The lowest BCUT2D eigenvalue weighted by Gasteiger charge is -2.24. The summed E-state index contributed by atoms with van der Waals surface area (Å²) >= 11 is 9.29. The van der Waals surface area contributed by atoms with Gasteiger partial charge in [0.2, 0.25) is 0 Å². The van der Waals surface area contributed by atoms with E-state index in [1.165, 1.54) is 6.33 Å². The normalized spacial score (nSPS) is 12.8. The van der Waals surface area contributed by atoms with Crippen LogP contribution in [0.15, 0.2) is 10.8 Å². The van der Waals surface area contributed by atoms with Crippen LogP contribution in [0.1, 0.15) is 20.8 Å². The lowest BCUT2D eigenvalue weighted by atomic mass is 10.3. The van der Waals surface area contributed by atoms with Crippen molar-refractivity contribution >= 4 is 33.3 Å². The van der Waals surface area contributed by atoms with E-state index in [1.807, 2.05) is 0 Å². The number of anilines is 1. The van der Waals surface area contributed by atoms with Crippen molar-refractivity contribution in [3.63, 3.8) is 0 Å². The lowest BCUT2D eigenvalue weighted by molar-refractivity contribution is 0.294. The number of aromatic nitrogens is 2. The molecule has 0 spiro atoms. The monoisotopic (exact) mass is 320 g/mol. The van der Waals surface area contributed by atoms with Gasteiger partial charge in [0.25, 0.3) is 0 Å². The van der Waals surface area contributed by atoms with Crippen molar-refractivity contribution in [3.05, 3.63) is 16.0 Å². The van der Waals surface area contributed by atoms with Crippen molar-refractivity contribution in [2.45, 2.75) is 26.8 Å². The molecular weight excluding hydrogens is 304 g/mol. The van der Waals surface area contributed by atoms with Crippen LogP contribution in [0, 0.1) is 0 Å². The van der Waals surface area contributed by atoms with Crippen LogP contribution in [0.2, 0.25) is 5.15 Å². The van der Waals surface area contributed by atoms with E-state index < -0.39 is 0 Å². The minimum Gasteiger partial charge on any atom is -0.365 e. The Morgan fingerprint density at radius 2 is 2.06 bits per heavy atom. The summed E-state index contributed by atoms with van der Waals surface area (Å²) in [7, 11) is 0. The van der Waals surface area contributed by atoms with Gasteiger partial charge in [-0.2, -0.15) is 0 Å². The third kappa shape index (κ3) is 4.41. The summed E-state index contributed by atoms with van der Waals surface area (Å²) in [4.78, 5) is 10.4. The molecule has 1 unspecified atom stereocenters. The predicted molar refractivity (Wildman–Crippen MR) is 75.6 cm³/mol. The summed E-state index contributed by atoms with van der Waals surface area (Å²) in [6.07, 6.45) is 1.46. The Morgan fingerprint density at radius 1 is 1.41 bits per heavy atom. The average Bonchev–Trinajstić information content (AvgIpc) is 2.32. The largest absolute Gasteiger partial charge is 0.365 e. The molecule has 1 rings (SSSR count). The Hall–Kier alpha value is -0.390. The molecule has 1 heterocycles. The van der Waals surface area contributed by atoms with E-state index in [9.17, 15) is 0 Å². The standard InChI is InChI=1S/C11H18BrClN4/c1-4-17(5-2)6-8(3)16-11-9(12)10(13)14-7-15-11/h7-8H,4-6H2,1-3H3,(H,14,15,16). The highest BCUT2D eigenvalue weighted by Gasteiger charge is 2.11. The Labute approximate surface area is 116 Å². The molecule has 1 aromatic heterocycles. The molecule has 1 aromatic rings. The van der Waals surface area contributed by atoms with Gasteiger partial charge in [0, 0.05) is 12.6 Å². The van der Waals surface area contributed by atoms with E-state index in [-0.39, 0.29) is 0 Å². The minimum absolute atomic E-state index is 0.303. The Bertz CT molecular complexity index is 357. The zero-order chi connectivity index (χ0) is 12.8. The minimum atomic E-state index is 0.303. The van der Waals surface area contributed by atoms with Crippen molar-refractivity contribution in [2.75, 3.05) is 25.0 Å². The van der Waals surface area contributed by atoms with Gasteiger partial charge >= 0.3 is 0 Å². The summed E-state index contributed by atoms with van der Waals surface area (Å²) in [5.41, 5.74) is 0. The van der Waals surface area contributed by atoms with Crippen LogP contribution in [0.25, 0.3) is 0 Å². The molecule has 0 amide bonds. The van der Waals surface area contributed by atoms with Crippen LogP contribution in [0.4, 0.5) is 5.82 Å². The first-order chi connectivity index (χ1) is 8.08. The van der Waals surface area contributed by atoms with E-state index in [0.29, 0.717) is 15.7 Å². The highest BCUT2D eigenvalue weighted by Crippen LogP contribution is 2.26. The van der Waals surface area contributed by atoms with Gasteiger partial charge in [-0.05, 0) is 35.9 Å². The molecular formula is C11H18BrClN4. The molecule has 0 bridgehead atoms. The molecule has 17 heavy (non-hydrogen) atoms. The maximum Gasteiger partial charge on any atom is 0.148 e. The molecule has 0 aliphatic carbocycles. The molecule has 0 saturated carbocycles. The Morgan fingerprint density at radius 3 is 2.65 bits per heavy atom. The van der Waals surface area contributed by atoms with Crippen molar-refractivity contribution < 1.29 is 0 Å². The number of hydrogen-bond acceptors (Lipinski definition) is 4. The first-order valence-electron chi connectivity index (χ1n) is 5.73. The summed E-state index contributed by atoms with van der Waals surface area (Å²) in [6, 6.07) is 0.303. The zero-order valence-corrected chi connectivity index (χ0v) is 12.7. The molecule has 0 fully saturated rings. The van der Waals surface area contributed by atoms with Gasteiger partial charge in [0.1, 0.15) is 17.3 Å².